The lowest BCUT2D eigenvalue weighted by Gasteiger charge is -2.12. The number of amides is 1. The number of aliphatic hydroxyl groups excluding tert-OH is 1. The van der Waals surface area contributed by atoms with E-state index in [9.17, 15) is 4.79 Å². The Bertz CT molecular complexity index is 450. The van der Waals surface area contributed by atoms with Crippen molar-refractivity contribution < 1.29 is 9.90 Å². The zero-order valence-corrected chi connectivity index (χ0v) is 11.1. The maximum absolute atomic E-state index is 11.8. The Morgan fingerprint density at radius 3 is 2.61 bits per heavy atom. The van der Waals surface area contributed by atoms with Crippen molar-refractivity contribution in [3.8, 4) is 0 Å². The number of rotatable bonds is 5. The second kappa shape index (κ2) is 5.11. The lowest BCUT2D eigenvalue weighted by molar-refractivity contribution is -0.127. The van der Waals surface area contributed by atoms with Gasteiger partial charge < -0.3 is 10.4 Å². The maximum atomic E-state index is 11.8. The Balaban J connectivity index is 1.82. The van der Waals surface area contributed by atoms with Gasteiger partial charge >= 0.3 is 0 Å². The molecule has 0 saturated heterocycles. The van der Waals surface area contributed by atoms with Gasteiger partial charge in [0.1, 0.15) is 0 Å². The van der Waals surface area contributed by atoms with Crippen molar-refractivity contribution in [3.63, 3.8) is 0 Å². The van der Waals surface area contributed by atoms with Crippen molar-refractivity contribution in [2.24, 2.45) is 5.41 Å². The highest BCUT2D eigenvalue weighted by molar-refractivity contribution is 5.85. The summed E-state index contributed by atoms with van der Waals surface area (Å²) in [5, 5.41) is 12.1. The second-order valence-corrected chi connectivity index (χ2v) is 5.36. The number of aliphatic hydroxyl groups is 1. The van der Waals surface area contributed by atoms with Gasteiger partial charge in [0.15, 0.2) is 0 Å². The summed E-state index contributed by atoms with van der Waals surface area (Å²) < 4.78 is 0. The molecule has 1 fully saturated rings. The highest BCUT2D eigenvalue weighted by atomic mass is 16.3. The molecule has 0 spiro atoms. The Morgan fingerprint density at radius 2 is 2.06 bits per heavy atom. The summed E-state index contributed by atoms with van der Waals surface area (Å²) in [5.74, 6) is 0.00818. The predicted octanol–water partition coefficient (Wildman–Crippen LogP) is 1.73. The Hall–Kier alpha value is -1.35. The summed E-state index contributed by atoms with van der Waals surface area (Å²) in [5.41, 5.74) is 3.36. The average molecular weight is 247 g/mol. The maximum Gasteiger partial charge on any atom is 0.228 e. The molecule has 18 heavy (non-hydrogen) atoms. The summed E-state index contributed by atoms with van der Waals surface area (Å²) in [4.78, 5) is 11.8. The SMILES string of the molecule is Cc1ccc(CCNC(=O)C2(CO)CC2)cc1C. The van der Waals surface area contributed by atoms with Gasteiger partial charge in [-0.25, -0.2) is 0 Å². The molecule has 0 aromatic heterocycles. The molecule has 1 aliphatic rings. The van der Waals surface area contributed by atoms with Gasteiger partial charge in [0, 0.05) is 6.54 Å². The van der Waals surface area contributed by atoms with Gasteiger partial charge in [-0.05, 0) is 49.8 Å². The van der Waals surface area contributed by atoms with Gasteiger partial charge in [-0.15, -0.1) is 0 Å². The molecule has 1 aromatic rings. The summed E-state index contributed by atoms with van der Waals surface area (Å²) in [6.45, 7) is 4.81. The normalized spacial score (nSPS) is 16.4. The fourth-order valence-corrected chi connectivity index (χ4v) is 2.07. The number of hydrogen-bond acceptors (Lipinski definition) is 2. The zero-order chi connectivity index (χ0) is 13.2. The van der Waals surface area contributed by atoms with E-state index < -0.39 is 5.41 Å². The molecule has 2 N–H and O–H groups in total. The van der Waals surface area contributed by atoms with Crippen LogP contribution in [0.1, 0.15) is 29.5 Å². The molecule has 0 atom stereocenters. The lowest BCUT2D eigenvalue weighted by Crippen LogP contribution is -2.35. The molecule has 0 unspecified atom stereocenters. The Morgan fingerprint density at radius 1 is 1.33 bits per heavy atom. The van der Waals surface area contributed by atoms with E-state index in [0.29, 0.717) is 6.54 Å². The number of aryl methyl sites for hydroxylation is 2. The van der Waals surface area contributed by atoms with Gasteiger partial charge in [0.2, 0.25) is 5.91 Å². The molecule has 0 bridgehead atoms. The van der Waals surface area contributed by atoms with E-state index >= 15 is 0 Å². The van der Waals surface area contributed by atoms with Crippen molar-refractivity contribution in [2.45, 2.75) is 33.1 Å². The topological polar surface area (TPSA) is 49.3 Å². The first kappa shape index (κ1) is 13.1. The van der Waals surface area contributed by atoms with Crippen LogP contribution in [0.5, 0.6) is 0 Å². The molecule has 0 aliphatic heterocycles. The van der Waals surface area contributed by atoms with E-state index in [1.54, 1.807) is 0 Å². The molecular formula is C15H21NO2. The van der Waals surface area contributed by atoms with Crippen molar-refractivity contribution in [3.05, 3.63) is 34.9 Å². The molecule has 3 nitrogen and oxygen atoms in total. The number of nitrogens with one attached hydrogen (secondary N) is 1. The molecular weight excluding hydrogens is 226 g/mol. The number of carbonyl (C=O) groups is 1. The molecule has 0 heterocycles. The van der Waals surface area contributed by atoms with Crippen LogP contribution in [-0.2, 0) is 11.2 Å². The zero-order valence-electron chi connectivity index (χ0n) is 11.1. The fourth-order valence-electron chi connectivity index (χ4n) is 2.07. The molecule has 2 rings (SSSR count). The number of carbonyl (C=O) groups excluding carboxylic acids is 1. The Kier molecular flexibility index (Phi) is 3.71. The summed E-state index contributed by atoms with van der Waals surface area (Å²) in [6.07, 6.45) is 2.48. The molecule has 3 heteroatoms. The van der Waals surface area contributed by atoms with Gasteiger partial charge in [-0.2, -0.15) is 0 Å². The monoisotopic (exact) mass is 247 g/mol. The molecule has 1 aliphatic carbocycles. The van der Waals surface area contributed by atoms with Gasteiger partial charge in [0.25, 0.3) is 0 Å². The van der Waals surface area contributed by atoms with Gasteiger partial charge in [-0.3, -0.25) is 4.79 Å². The predicted molar refractivity (Wildman–Crippen MR) is 71.4 cm³/mol. The van der Waals surface area contributed by atoms with Crippen LogP contribution < -0.4 is 5.32 Å². The Labute approximate surface area is 108 Å². The first-order valence-corrected chi connectivity index (χ1v) is 6.53. The lowest BCUT2D eigenvalue weighted by atomic mass is 10.0. The summed E-state index contributed by atoms with van der Waals surface area (Å²) >= 11 is 0. The molecule has 0 radical (unpaired) electrons. The van der Waals surface area contributed by atoms with E-state index in [1.165, 1.54) is 16.7 Å². The summed E-state index contributed by atoms with van der Waals surface area (Å²) in [7, 11) is 0. The van der Waals surface area contributed by atoms with E-state index in [4.69, 9.17) is 5.11 Å². The van der Waals surface area contributed by atoms with Crippen LogP contribution in [0.15, 0.2) is 18.2 Å². The molecule has 98 valence electrons. The minimum atomic E-state index is -0.455. The van der Waals surface area contributed by atoms with Crippen LogP contribution in [0.4, 0.5) is 0 Å². The van der Waals surface area contributed by atoms with Crippen molar-refractivity contribution >= 4 is 5.91 Å². The van der Waals surface area contributed by atoms with E-state index in [1.807, 2.05) is 0 Å². The first-order chi connectivity index (χ1) is 8.57. The number of benzene rings is 1. The van der Waals surface area contributed by atoms with Crippen LogP contribution in [0.25, 0.3) is 0 Å². The third kappa shape index (κ3) is 2.72. The van der Waals surface area contributed by atoms with Crippen molar-refractivity contribution in [1.29, 1.82) is 0 Å². The quantitative estimate of drug-likeness (QED) is 0.832. The van der Waals surface area contributed by atoms with Crippen molar-refractivity contribution in [1.82, 2.24) is 5.32 Å². The second-order valence-electron chi connectivity index (χ2n) is 5.36. The van der Waals surface area contributed by atoms with Crippen LogP contribution in [0.3, 0.4) is 0 Å². The summed E-state index contributed by atoms with van der Waals surface area (Å²) in [6, 6.07) is 6.39. The van der Waals surface area contributed by atoms with E-state index in [0.717, 1.165) is 19.3 Å². The number of hydrogen-bond donors (Lipinski definition) is 2. The van der Waals surface area contributed by atoms with Gasteiger partial charge in [0.05, 0.1) is 12.0 Å². The highest BCUT2D eigenvalue weighted by Crippen LogP contribution is 2.45. The molecule has 1 saturated carbocycles. The molecule has 1 aromatic carbocycles. The third-order valence-corrected chi connectivity index (χ3v) is 3.91. The van der Waals surface area contributed by atoms with Crippen LogP contribution >= 0.6 is 0 Å². The minimum absolute atomic E-state index is 0.00818. The largest absolute Gasteiger partial charge is 0.395 e. The van der Waals surface area contributed by atoms with Crippen molar-refractivity contribution in [2.75, 3.05) is 13.2 Å². The first-order valence-electron chi connectivity index (χ1n) is 6.53. The average Bonchev–Trinajstić information content (AvgIpc) is 3.14. The molecule has 1 amide bonds. The van der Waals surface area contributed by atoms with Crippen LogP contribution in [0.2, 0.25) is 0 Å². The highest BCUT2D eigenvalue weighted by Gasteiger charge is 2.49. The van der Waals surface area contributed by atoms with E-state index in [2.05, 4.69) is 37.4 Å². The van der Waals surface area contributed by atoms with Crippen LogP contribution in [-0.4, -0.2) is 24.2 Å². The fraction of sp³-hybridized carbons (Fsp3) is 0.533. The minimum Gasteiger partial charge on any atom is -0.395 e. The van der Waals surface area contributed by atoms with Gasteiger partial charge in [-0.1, -0.05) is 18.2 Å². The van der Waals surface area contributed by atoms with E-state index in [-0.39, 0.29) is 12.5 Å². The standard InChI is InChI=1S/C15H21NO2/c1-11-3-4-13(9-12(11)2)5-8-16-14(18)15(10-17)6-7-15/h3-4,9,17H,5-8,10H2,1-2H3,(H,16,18). The van der Waals surface area contributed by atoms with Crippen LogP contribution in [0, 0.1) is 19.3 Å². The third-order valence-electron chi connectivity index (χ3n) is 3.91. The smallest absolute Gasteiger partial charge is 0.228 e.